The summed E-state index contributed by atoms with van der Waals surface area (Å²) in [6.45, 7) is 0. The van der Waals surface area contributed by atoms with E-state index in [1.54, 1.807) is 14.1 Å². The Balaban J connectivity index is 0. The van der Waals surface area contributed by atoms with Crippen LogP contribution in [0.1, 0.15) is 0 Å². The fraction of sp³-hybridized carbons (Fsp3) is 0.250. The molecule has 0 aromatic heterocycles. The van der Waals surface area contributed by atoms with Crippen LogP contribution in [-0.2, 0) is 0 Å². The maximum Gasteiger partial charge on any atom is 2.00 e. The van der Waals surface area contributed by atoms with Crippen molar-refractivity contribution >= 4 is 23.1 Å². The summed E-state index contributed by atoms with van der Waals surface area (Å²) in [6.07, 6.45) is 0. The van der Waals surface area contributed by atoms with Gasteiger partial charge in [-0.15, -0.1) is 0 Å². The molecule has 0 fully saturated rings. The largest absolute Gasteiger partial charge is 2.00 e. The van der Waals surface area contributed by atoms with Crippen molar-refractivity contribution in [2.75, 3.05) is 14.1 Å². The van der Waals surface area contributed by atoms with Crippen LogP contribution in [-0.4, -0.2) is 37.1 Å². The van der Waals surface area contributed by atoms with Crippen molar-refractivity contribution in [1.82, 2.24) is 0 Å². The van der Waals surface area contributed by atoms with E-state index in [2.05, 4.69) is 11.4 Å². The molecule has 0 spiro atoms. The van der Waals surface area contributed by atoms with E-state index < -0.39 is 0 Å². The monoisotopic (exact) mass is 145 g/mol. The van der Waals surface area contributed by atoms with Crippen LogP contribution >= 0.6 is 0 Å². The quantitative estimate of drug-likeness (QED) is 0.390. The van der Waals surface area contributed by atoms with E-state index >= 15 is 0 Å². The summed E-state index contributed by atoms with van der Waals surface area (Å²) in [6, 6.07) is 12.5. The smallest absolute Gasteiger partial charge is 0.668 e. The van der Waals surface area contributed by atoms with Crippen molar-refractivity contribution in [3.8, 4) is 0 Å². The first-order valence-electron chi connectivity index (χ1n) is 2.81. The van der Waals surface area contributed by atoms with Crippen molar-refractivity contribution in [3.63, 3.8) is 0 Å². The fourth-order valence-corrected chi connectivity index (χ4v) is 0.342. The molecule has 2 heteroatoms. The van der Waals surface area contributed by atoms with E-state index in [1.807, 2.05) is 30.3 Å². The molecule has 50 valence electrons. The zero-order valence-electron chi connectivity index (χ0n) is 6.54. The SMILES string of the molecule is C[N-]C.[Mg+2].[c-]1ccccc1. The molecule has 10 heavy (non-hydrogen) atoms. The van der Waals surface area contributed by atoms with E-state index in [9.17, 15) is 0 Å². The Morgan fingerprint density at radius 3 is 1.50 bits per heavy atom. The van der Waals surface area contributed by atoms with Gasteiger partial charge in [-0.2, -0.15) is 50.5 Å². The molecule has 0 radical (unpaired) electrons. The molecule has 0 heterocycles. The molecule has 1 aromatic carbocycles. The van der Waals surface area contributed by atoms with Gasteiger partial charge < -0.3 is 5.32 Å². The maximum atomic E-state index is 3.50. The van der Waals surface area contributed by atoms with Crippen LogP contribution in [0, 0.1) is 6.07 Å². The molecule has 0 aliphatic carbocycles. The summed E-state index contributed by atoms with van der Waals surface area (Å²) in [5, 5.41) is 3.50. The average Bonchev–Trinajstić information content (AvgIpc) is 1.93. The van der Waals surface area contributed by atoms with Crippen LogP contribution in [0.5, 0.6) is 0 Å². The summed E-state index contributed by atoms with van der Waals surface area (Å²) in [5.74, 6) is 0. The van der Waals surface area contributed by atoms with Crippen LogP contribution in [0.15, 0.2) is 30.3 Å². The minimum atomic E-state index is 0. The van der Waals surface area contributed by atoms with E-state index in [0.29, 0.717) is 0 Å². The Labute approximate surface area is 79.0 Å². The van der Waals surface area contributed by atoms with Crippen LogP contribution < -0.4 is 0 Å². The van der Waals surface area contributed by atoms with Crippen molar-refractivity contribution in [2.24, 2.45) is 0 Å². The van der Waals surface area contributed by atoms with E-state index in [1.165, 1.54) is 0 Å². The molecule has 1 nitrogen and oxygen atoms in total. The minimum absolute atomic E-state index is 0. The summed E-state index contributed by atoms with van der Waals surface area (Å²) in [5.41, 5.74) is 0. The molecule has 0 saturated heterocycles. The molecule has 0 aliphatic rings. The summed E-state index contributed by atoms with van der Waals surface area (Å²) >= 11 is 0. The van der Waals surface area contributed by atoms with Gasteiger partial charge in [-0.25, -0.2) is 0 Å². The van der Waals surface area contributed by atoms with Gasteiger partial charge in [0, 0.05) is 0 Å². The fourth-order valence-electron chi connectivity index (χ4n) is 0.342. The second-order valence-electron chi connectivity index (χ2n) is 1.52. The Bertz CT molecular complexity index is 92.1. The first-order chi connectivity index (χ1) is 4.41. The third-order valence-electron chi connectivity index (χ3n) is 0.607. The molecule has 0 saturated carbocycles. The second-order valence-corrected chi connectivity index (χ2v) is 1.52. The van der Waals surface area contributed by atoms with Gasteiger partial charge in [-0.1, -0.05) is 0 Å². The maximum absolute atomic E-state index is 3.50. The van der Waals surface area contributed by atoms with E-state index in [0.717, 1.165) is 0 Å². The molecular formula is C8H11MgN. The summed E-state index contributed by atoms with van der Waals surface area (Å²) in [4.78, 5) is 0. The average molecular weight is 145 g/mol. The minimum Gasteiger partial charge on any atom is -0.668 e. The molecule has 0 amide bonds. The first-order valence-corrected chi connectivity index (χ1v) is 2.81. The van der Waals surface area contributed by atoms with Crippen molar-refractivity contribution in [3.05, 3.63) is 41.7 Å². The molecular weight excluding hydrogens is 134 g/mol. The van der Waals surface area contributed by atoms with Crippen molar-refractivity contribution in [2.45, 2.75) is 0 Å². The van der Waals surface area contributed by atoms with Crippen molar-refractivity contribution < 1.29 is 0 Å². The molecule has 0 atom stereocenters. The molecule has 1 aromatic rings. The third-order valence-corrected chi connectivity index (χ3v) is 0.607. The number of benzene rings is 1. The summed E-state index contributed by atoms with van der Waals surface area (Å²) < 4.78 is 0. The molecule has 1 rings (SSSR count). The predicted molar refractivity (Wildman–Crippen MR) is 46.2 cm³/mol. The van der Waals surface area contributed by atoms with Gasteiger partial charge in [-0.05, 0) is 0 Å². The van der Waals surface area contributed by atoms with E-state index in [4.69, 9.17) is 0 Å². The van der Waals surface area contributed by atoms with Gasteiger partial charge in [0.15, 0.2) is 0 Å². The molecule has 0 aliphatic heterocycles. The van der Waals surface area contributed by atoms with Gasteiger partial charge in [0.05, 0.1) is 0 Å². The number of nitrogens with zero attached hydrogens (tertiary/aromatic N) is 1. The van der Waals surface area contributed by atoms with Crippen LogP contribution in [0.2, 0.25) is 0 Å². The topological polar surface area (TPSA) is 14.1 Å². The predicted octanol–water partition coefficient (Wildman–Crippen LogP) is 1.73. The van der Waals surface area contributed by atoms with Crippen LogP contribution in [0.25, 0.3) is 5.32 Å². The number of rotatable bonds is 0. The van der Waals surface area contributed by atoms with Gasteiger partial charge in [0.2, 0.25) is 0 Å². The number of hydrogen-bond donors (Lipinski definition) is 0. The van der Waals surface area contributed by atoms with Gasteiger partial charge in [-0.3, -0.25) is 0 Å². The van der Waals surface area contributed by atoms with Crippen LogP contribution in [0.4, 0.5) is 0 Å². The molecule has 0 N–H and O–H groups in total. The van der Waals surface area contributed by atoms with Gasteiger partial charge >= 0.3 is 23.1 Å². The van der Waals surface area contributed by atoms with Gasteiger partial charge in [0.25, 0.3) is 0 Å². The zero-order chi connectivity index (χ0) is 6.95. The first kappa shape index (κ1) is 12.6. The normalized spacial score (nSPS) is 6.60. The van der Waals surface area contributed by atoms with Crippen molar-refractivity contribution in [1.29, 1.82) is 0 Å². The summed E-state index contributed by atoms with van der Waals surface area (Å²) in [7, 11) is 3.50. The Kier molecular flexibility index (Phi) is 14.8. The molecule has 0 bridgehead atoms. The number of hydrogen-bond acceptors (Lipinski definition) is 0. The Morgan fingerprint density at radius 1 is 1.00 bits per heavy atom. The molecule has 0 unspecified atom stereocenters. The second kappa shape index (κ2) is 11.7. The van der Waals surface area contributed by atoms with Gasteiger partial charge in [0.1, 0.15) is 0 Å². The Morgan fingerprint density at radius 2 is 1.40 bits per heavy atom. The van der Waals surface area contributed by atoms with E-state index in [-0.39, 0.29) is 23.1 Å². The standard InChI is InChI=1S/C6H5.C2H6N.Mg/c1-2-4-6-5-3-1;1-3-2;/h1-5H;1-2H3;/q2*-1;+2. The third kappa shape index (κ3) is 10.8. The van der Waals surface area contributed by atoms with Crippen LogP contribution in [0.3, 0.4) is 0 Å². The zero-order valence-corrected chi connectivity index (χ0v) is 7.96. The Hall–Kier alpha value is -0.0538.